The van der Waals surface area contributed by atoms with Crippen LogP contribution in [0.1, 0.15) is 31.1 Å². The molecule has 0 saturated heterocycles. The lowest BCUT2D eigenvalue weighted by molar-refractivity contribution is -0.112. The predicted molar refractivity (Wildman–Crippen MR) is 64.9 cm³/mol. The Bertz CT molecular complexity index is 528. The second-order valence-electron chi connectivity index (χ2n) is 3.81. The molecule has 3 heteroatoms. The van der Waals surface area contributed by atoms with Crippen LogP contribution in [0.15, 0.2) is 28.7 Å². The van der Waals surface area contributed by atoms with Crippen LogP contribution in [0.5, 0.6) is 0 Å². The van der Waals surface area contributed by atoms with Crippen LogP contribution in [0.4, 0.5) is 0 Å². The van der Waals surface area contributed by atoms with Crippen molar-refractivity contribution in [1.82, 2.24) is 0 Å². The van der Waals surface area contributed by atoms with Crippen molar-refractivity contribution in [3.63, 3.8) is 0 Å². The van der Waals surface area contributed by atoms with E-state index in [4.69, 9.17) is 16.0 Å². The predicted octanol–water partition coefficient (Wildman–Crippen LogP) is 3.86. The Morgan fingerprint density at radius 1 is 1.44 bits per heavy atom. The highest BCUT2D eigenvalue weighted by Crippen LogP contribution is 2.33. The summed E-state index contributed by atoms with van der Waals surface area (Å²) in [6.07, 6.45) is 0.762. The van der Waals surface area contributed by atoms with Crippen molar-refractivity contribution in [2.75, 3.05) is 0 Å². The first-order valence-electron chi connectivity index (χ1n) is 5.34. The molecule has 84 valence electrons. The molecule has 1 heterocycles. The van der Waals surface area contributed by atoms with Gasteiger partial charge in [0.15, 0.2) is 0 Å². The zero-order valence-corrected chi connectivity index (χ0v) is 10.0. The maximum atomic E-state index is 11.3. The number of hydrogen-bond donors (Lipinski definition) is 0. The van der Waals surface area contributed by atoms with Crippen molar-refractivity contribution in [2.45, 2.75) is 26.2 Å². The third-order valence-corrected chi connectivity index (χ3v) is 3.13. The van der Waals surface area contributed by atoms with Gasteiger partial charge in [-0.25, -0.2) is 0 Å². The van der Waals surface area contributed by atoms with Gasteiger partial charge in [0.05, 0.1) is 5.92 Å². The molecule has 2 nitrogen and oxygen atoms in total. The van der Waals surface area contributed by atoms with Crippen molar-refractivity contribution in [2.24, 2.45) is 0 Å². The van der Waals surface area contributed by atoms with Gasteiger partial charge in [0.2, 0.25) is 5.24 Å². The van der Waals surface area contributed by atoms with Gasteiger partial charge in [-0.1, -0.05) is 25.1 Å². The Labute approximate surface area is 99.2 Å². The van der Waals surface area contributed by atoms with Gasteiger partial charge in [0.1, 0.15) is 11.3 Å². The summed E-state index contributed by atoms with van der Waals surface area (Å²) in [5, 5.41) is 0.641. The summed E-state index contributed by atoms with van der Waals surface area (Å²) in [5.74, 6) is 0.531. The minimum atomic E-state index is -0.346. The molecule has 0 saturated carbocycles. The highest BCUT2D eigenvalue weighted by atomic mass is 35.5. The van der Waals surface area contributed by atoms with E-state index in [-0.39, 0.29) is 11.2 Å². The molecule has 2 rings (SSSR count). The smallest absolute Gasteiger partial charge is 0.228 e. The number of carbonyl (C=O) groups is 1. The number of benzene rings is 1. The second kappa shape index (κ2) is 4.30. The molecular formula is C13H13ClO2. The average Bonchev–Trinajstić information content (AvgIpc) is 2.66. The largest absolute Gasteiger partial charge is 0.461 e. The van der Waals surface area contributed by atoms with Gasteiger partial charge in [-0.3, -0.25) is 4.79 Å². The molecule has 0 aliphatic carbocycles. The molecule has 1 aromatic heterocycles. The standard InChI is InChI=1S/C13H13ClO2/c1-3-10-12(8(2)13(14)15)9-6-4-5-7-11(9)16-10/h4-8H,3H2,1-2H3. The first-order chi connectivity index (χ1) is 7.65. The van der Waals surface area contributed by atoms with Crippen LogP contribution in [0.2, 0.25) is 0 Å². The topological polar surface area (TPSA) is 30.2 Å². The minimum Gasteiger partial charge on any atom is -0.461 e. The van der Waals surface area contributed by atoms with Crippen LogP contribution >= 0.6 is 11.6 Å². The van der Waals surface area contributed by atoms with E-state index in [1.807, 2.05) is 38.1 Å². The highest BCUT2D eigenvalue weighted by molar-refractivity contribution is 6.64. The Balaban J connectivity index is 2.69. The molecule has 0 bridgehead atoms. The first-order valence-corrected chi connectivity index (χ1v) is 5.72. The van der Waals surface area contributed by atoms with Crippen molar-refractivity contribution in [1.29, 1.82) is 0 Å². The van der Waals surface area contributed by atoms with Gasteiger partial charge in [0.25, 0.3) is 0 Å². The lowest BCUT2D eigenvalue weighted by atomic mass is 9.98. The van der Waals surface area contributed by atoms with E-state index in [9.17, 15) is 4.79 Å². The quantitative estimate of drug-likeness (QED) is 0.758. The summed E-state index contributed by atoms with van der Waals surface area (Å²) in [5.41, 5.74) is 1.75. The van der Waals surface area contributed by atoms with E-state index in [1.165, 1.54) is 0 Å². The van der Waals surface area contributed by atoms with Crippen molar-refractivity contribution in [3.8, 4) is 0 Å². The number of halogens is 1. The van der Waals surface area contributed by atoms with Crippen molar-refractivity contribution < 1.29 is 9.21 Å². The number of para-hydroxylation sites is 1. The molecule has 0 aliphatic rings. The SMILES string of the molecule is CCc1oc2ccccc2c1C(C)C(=O)Cl. The van der Waals surface area contributed by atoms with Gasteiger partial charge >= 0.3 is 0 Å². The summed E-state index contributed by atoms with van der Waals surface area (Å²) in [6, 6.07) is 7.72. The summed E-state index contributed by atoms with van der Waals surface area (Å²) < 4.78 is 5.71. The molecular weight excluding hydrogens is 224 g/mol. The summed E-state index contributed by atoms with van der Waals surface area (Å²) in [4.78, 5) is 11.3. The summed E-state index contributed by atoms with van der Waals surface area (Å²) >= 11 is 5.57. The summed E-state index contributed by atoms with van der Waals surface area (Å²) in [6.45, 7) is 3.82. The molecule has 0 fully saturated rings. The number of aryl methyl sites for hydroxylation is 1. The van der Waals surface area contributed by atoms with Gasteiger partial charge in [0, 0.05) is 17.4 Å². The van der Waals surface area contributed by atoms with Crippen LogP contribution in [-0.2, 0) is 11.2 Å². The molecule has 1 aromatic carbocycles. The molecule has 0 N–H and O–H groups in total. The number of fused-ring (bicyclic) bond motifs is 1. The molecule has 0 aliphatic heterocycles. The molecule has 0 amide bonds. The zero-order chi connectivity index (χ0) is 11.7. The molecule has 16 heavy (non-hydrogen) atoms. The Morgan fingerprint density at radius 2 is 2.12 bits per heavy atom. The maximum Gasteiger partial charge on any atom is 0.228 e. The maximum absolute atomic E-state index is 11.3. The monoisotopic (exact) mass is 236 g/mol. The van der Waals surface area contributed by atoms with E-state index in [1.54, 1.807) is 0 Å². The zero-order valence-electron chi connectivity index (χ0n) is 9.29. The van der Waals surface area contributed by atoms with Crippen LogP contribution in [0.3, 0.4) is 0 Å². The van der Waals surface area contributed by atoms with Gasteiger partial charge in [-0.05, 0) is 24.6 Å². The lowest BCUT2D eigenvalue weighted by Gasteiger charge is -2.06. The Hall–Kier alpha value is -1.28. The molecule has 1 atom stereocenters. The third kappa shape index (κ3) is 1.74. The number of carbonyl (C=O) groups excluding carboxylic acids is 1. The highest BCUT2D eigenvalue weighted by Gasteiger charge is 2.22. The molecule has 0 radical (unpaired) electrons. The second-order valence-corrected chi connectivity index (χ2v) is 4.19. The van der Waals surface area contributed by atoms with E-state index in [0.29, 0.717) is 0 Å². The minimum absolute atomic E-state index is 0.319. The molecule has 0 spiro atoms. The molecule has 1 unspecified atom stereocenters. The fourth-order valence-corrected chi connectivity index (χ4v) is 2.08. The number of furan rings is 1. The van der Waals surface area contributed by atoms with Crippen molar-refractivity contribution >= 4 is 27.8 Å². The van der Waals surface area contributed by atoms with Gasteiger partial charge in [-0.2, -0.15) is 0 Å². The Kier molecular flexibility index (Phi) is 3.01. The average molecular weight is 237 g/mol. The lowest BCUT2D eigenvalue weighted by Crippen LogP contribution is -2.03. The van der Waals surface area contributed by atoms with Crippen LogP contribution in [0, 0.1) is 0 Å². The normalized spacial score (nSPS) is 12.9. The first kappa shape index (κ1) is 11.2. The van der Waals surface area contributed by atoms with E-state index in [2.05, 4.69) is 0 Å². The molecule has 2 aromatic rings. The fraction of sp³-hybridized carbons (Fsp3) is 0.308. The van der Waals surface area contributed by atoms with E-state index >= 15 is 0 Å². The van der Waals surface area contributed by atoms with E-state index < -0.39 is 0 Å². The van der Waals surface area contributed by atoms with Gasteiger partial charge < -0.3 is 4.42 Å². The third-order valence-electron chi connectivity index (χ3n) is 2.81. The van der Waals surface area contributed by atoms with E-state index in [0.717, 1.165) is 28.7 Å². The number of rotatable bonds is 3. The fourth-order valence-electron chi connectivity index (χ4n) is 1.97. The van der Waals surface area contributed by atoms with Crippen LogP contribution in [0.25, 0.3) is 11.0 Å². The van der Waals surface area contributed by atoms with Crippen LogP contribution < -0.4 is 0 Å². The van der Waals surface area contributed by atoms with Crippen LogP contribution in [-0.4, -0.2) is 5.24 Å². The summed E-state index contributed by atoms with van der Waals surface area (Å²) in [7, 11) is 0. The number of hydrogen-bond acceptors (Lipinski definition) is 2. The van der Waals surface area contributed by atoms with Gasteiger partial charge in [-0.15, -0.1) is 0 Å². The van der Waals surface area contributed by atoms with Crippen molar-refractivity contribution in [3.05, 3.63) is 35.6 Å². The Morgan fingerprint density at radius 3 is 2.75 bits per heavy atom.